The highest BCUT2D eigenvalue weighted by atomic mass is 19.1. The van der Waals surface area contributed by atoms with Gasteiger partial charge in [0.2, 0.25) is 0 Å². The topological polar surface area (TPSA) is 55.8 Å². The Hall–Kier alpha value is -3.34. The highest BCUT2D eigenvalue weighted by Crippen LogP contribution is 2.51. The zero-order valence-electron chi connectivity index (χ0n) is 22.7. The Balaban J connectivity index is 1.45. The number of hydrogen-bond donors (Lipinski definition) is 1. The number of halogens is 1. The second-order valence-corrected chi connectivity index (χ2v) is 11.6. The van der Waals surface area contributed by atoms with Gasteiger partial charge in [0, 0.05) is 5.56 Å². The molecule has 3 aromatic rings. The van der Waals surface area contributed by atoms with Gasteiger partial charge in [-0.1, -0.05) is 51.5 Å². The van der Waals surface area contributed by atoms with Gasteiger partial charge in [0.1, 0.15) is 23.9 Å². The zero-order valence-corrected chi connectivity index (χ0v) is 22.7. The van der Waals surface area contributed by atoms with Gasteiger partial charge in [-0.3, -0.25) is 4.79 Å². The first-order chi connectivity index (χ1) is 18.2. The summed E-state index contributed by atoms with van der Waals surface area (Å²) in [7, 11) is 1.60. The van der Waals surface area contributed by atoms with Gasteiger partial charge in [-0.15, -0.1) is 0 Å². The smallest absolute Gasteiger partial charge is 0.306 e. The van der Waals surface area contributed by atoms with Gasteiger partial charge >= 0.3 is 5.97 Å². The molecular weight excluding hydrogens is 479 g/mol. The summed E-state index contributed by atoms with van der Waals surface area (Å²) in [5.74, 6) is 0.282. The van der Waals surface area contributed by atoms with E-state index >= 15 is 4.39 Å². The third kappa shape index (κ3) is 5.03. The van der Waals surface area contributed by atoms with E-state index < -0.39 is 11.9 Å². The second kappa shape index (κ2) is 10.4. The number of carboxylic acid groups (broad SMARTS) is 1. The molecule has 2 aliphatic carbocycles. The van der Waals surface area contributed by atoms with Crippen LogP contribution in [0.25, 0.3) is 11.1 Å². The molecular formula is C33H37FO4. The van der Waals surface area contributed by atoms with Crippen molar-refractivity contribution < 1.29 is 23.8 Å². The predicted molar refractivity (Wildman–Crippen MR) is 147 cm³/mol. The van der Waals surface area contributed by atoms with Crippen molar-refractivity contribution in [2.24, 2.45) is 11.3 Å². The molecule has 0 aromatic heterocycles. The quantitative estimate of drug-likeness (QED) is 0.328. The molecule has 1 N–H and O–H groups in total. The molecule has 0 bridgehead atoms. The summed E-state index contributed by atoms with van der Waals surface area (Å²) in [6, 6.07) is 17.2. The van der Waals surface area contributed by atoms with Crippen LogP contribution < -0.4 is 9.47 Å². The van der Waals surface area contributed by atoms with Crippen molar-refractivity contribution in [2.45, 2.75) is 71.3 Å². The molecule has 38 heavy (non-hydrogen) atoms. The van der Waals surface area contributed by atoms with Crippen LogP contribution in [0.1, 0.15) is 80.5 Å². The number of carboxylic acids is 1. The van der Waals surface area contributed by atoms with Crippen molar-refractivity contribution in [3.63, 3.8) is 0 Å². The van der Waals surface area contributed by atoms with Crippen molar-refractivity contribution in [1.29, 1.82) is 0 Å². The van der Waals surface area contributed by atoms with Crippen molar-refractivity contribution in [2.75, 3.05) is 7.11 Å². The molecule has 3 atom stereocenters. The summed E-state index contributed by atoms with van der Waals surface area (Å²) < 4.78 is 26.7. The maximum Gasteiger partial charge on any atom is 0.306 e. The Kier molecular flexibility index (Phi) is 7.21. The fraction of sp³-hybridized carbons (Fsp3) is 0.424. The molecule has 0 spiro atoms. The van der Waals surface area contributed by atoms with Gasteiger partial charge in [0.05, 0.1) is 13.0 Å². The largest absolute Gasteiger partial charge is 0.497 e. The number of aliphatic carboxylic acids is 1. The van der Waals surface area contributed by atoms with Crippen LogP contribution >= 0.6 is 0 Å². The lowest BCUT2D eigenvalue weighted by molar-refractivity contribution is -0.141. The third-order valence-electron chi connectivity index (χ3n) is 8.85. The van der Waals surface area contributed by atoms with E-state index in [2.05, 4.69) is 26.0 Å². The standard InChI is InChI=1S/C33H37FO4/c1-20(32(35)36)25-13-9-22-8-10-24(18-27(22)25)38-19-21-7-12-26(29-17-23(37-4)11-14-31(29)34)28(16-21)30-6-5-15-33(30,2)3/h7-8,10-12,14,16-18,20,25,30H,5-6,9,13,15,19H2,1-4H3,(H,35,36)/t20?,25?,30-/m0/s1. The van der Waals surface area contributed by atoms with E-state index in [1.165, 1.54) is 11.6 Å². The monoisotopic (exact) mass is 516 g/mol. The number of methoxy groups -OCH3 is 1. The number of aryl methyl sites for hydroxylation is 1. The highest BCUT2D eigenvalue weighted by Gasteiger charge is 2.37. The Morgan fingerprint density at radius 2 is 1.82 bits per heavy atom. The van der Waals surface area contributed by atoms with E-state index in [1.807, 2.05) is 24.3 Å². The predicted octanol–water partition coefficient (Wildman–Crippen LogP) is 8.12. The lowest BCUT2D eigenvalue weighted by Crippen LogP contribution is -2.17. The van der Waals surface area contributed by atoms with E-state index in [0.29, 0.717) is 23.8 Å². The number of hydrogen-bond acceptors (Lipinski definition) is 3. The number of ether oxygens (including phenoxy) is 2. The lowest BCUT2D eigenvalue weighted by Gasteiger charge is -2.30. The molecule has 0 amide bonds. The Morgan fingerprint density at radius 3 is 2.53 bits per heavy atom. The highest BCUT2D eigenvalue weighted by molar-refractivity contribution is 5.72. The van der Waals surface area contributed by atoms with Crippen molar-refractivity contribution in [1.82, 2.24) is 0 Å². The third-order valence-corrected chi connectivity index (χ3v) is 8.85. The van der Waals surface area contributed by atoms with Gasteiger partial charge in [0.15, 0.2) is 0 Å². The molecule has 200 valence electrons. The van der Waals surface area contributed by atoms with Crippen LogP contribution in [0.3, 0.4) is 0 Å². The summed E-state index contributed by atoms with van der Waals surface area (Å²) >= 11 is 0. The normalized spacial score (nSPS) is 20.7. The molecule has 2 aliphatic rings. The first-order valence-corrected chi connectivity index (χ1v) is 13.6. The van der Waals surface area contributed by atoms with E-state index in [1.54, 1.807) is 26.2 Å². The summed E-state index contributed by atoms with van der Waals surface area (Å²) in [6.07, 6.45) is 5.13. The summed E-state index contributed by atoms with van der Waals surface area (Å²) in [5.41, 5.74) is 6.09. The van der Waals surface area contributed by atoms with Gasteiger partial charge in [-0.05, 0) is 101 Å². The molecule has 0 saturated heterocycles. The fourth-order valence-corrected chi connectivity index (χ4v) is 6.54. The van der Waals surface area contributed by atoms with Crippen molar-refractivity contribution >= 4 is 5.97 Å². The maximum absolute atomic E-state index is 15.1. The van der Waals surface area contributed by atoms with Crippen molar-refractivity contribution in [3.8, 4) is 22.6 Å². The Bertz CT molecular complexity index is 1340. The molecule has 5 heteroatoms. The van der Waals surface area contributed by atoms with Gasteiger partial charge in [-0.25, -0.2) is 4.39 Å². The molecule has 2 unspecified atom stereocenters. The van der Waals surface area contributed by atoms with E-state index in [-0.39, 0.29) is 17.2 Å². The van der Waals surface area contributed by atoms with Crippen molar-refractivity contribution in [3.05, 3.63) is 82.7 Å². The molecule has 4 nitrogen and oxygen atoms in total. The molecule has 0 aliphatic heterocycles. The van der Waals surface area contributed by atoms with Crippen LogP contribution in [0.4, 0.5) is 4.39 Å². The summed E-state index contributed by atoms with van der Waals surface area (Å²) in [6.45, 7) is 6.78. The van der Waals surface area contributed by atoms with Crippen LogP contribution in [-0.2, 0) is 17.8 Å². The first-order valence-electron chi connectivity index (χ1n) is 13.6. The maximum atomic E-state index is 15.1. The van der Waals surface area contributed by atoms with Gasteiger partial charge in [-0.2, -0.15) is 0 Å². The average Bonchev–Trinajstić information content (AvgIpc) is 3.49. The molecule has 1 fully saturated rings. The lowest BCUT2D eigenvalue weighted by atomic mass is 9.75. The first kappa shape index (κ1) is 26.3. The van der Waals surface area contributed by atoms with Crippen LogP contribution in [-0.4, -0.2) is 18.2 Å². The minimum Gasteiger partial charge on any atom is -0.497 e. The molecule has 3 aromatic carbocycles. The minimum atomic E-state index is -0.760. The number of fused-ring (bicyclic) bond motifs is 1. The molecule has 1 saturated carbocycles. The summed E-state index contributed by atoms with van der Waals surface area (Å²) in [5, 5.41) is 9.53. The van der Waals surface area contributed by atoms with Crippen LogP contribution in [0.15, 0.2) is 54.6 Å². The number of carbonyl (C=O) groups is 1. The fourth-order valence-electron chi connectivity index (χ4n) is 6.54. The van der Waals surface area contributed by atoms with E-state index in [9.17, 15) is 9.90 Å². The van der Waals surface area contributed by atoms with Crippen LogP contribution in [0.2, 0.25) is 0 Å². The van der Waals surface area contributed by atoms with Crippen LogP contribution in [0, 0.1) is 17.2 Å². The minimum absolute atomic E-state index is 0.0132. The summed E-state index contributed by atoms with van der Waals surface area (Å²) in [4.78, 5) is 11.6. The van der Waals surface area contributed by atoms with Crippen LogP contribution in [0.5, 0.6) is 11.5 Å². The number of benzene rings is 3. The van der Waals surface area contributed by atoms with Gasteiger partial charge in [0.25, 0.3) is 0 Å². The Labute approximate surface area is 224 Å². The molecule has 0 heterocycles. The van der Waals surface area contributed by atoms with E-state index in [4.69, 9.17) is 9.47 Å². The Morgan fingerprint density at radius 1 is 1.03 bits per heavy atom. The average molecular weight is 517 g/mol. The molecule has 5 rings (SSSR count). The van der Waals surface area contributed by atoms with E-state index in [0.717, 1.165) is 60.1 Å². The number of rotatable bonds is 8. The van der Waals surface area contributed by atoms with Gasteiger partial charge < -0.3 is 14.6 Å². The SMILES string of the molecule is COc1ccc(F)c(-c2ccc(COc3ccc4c(c3)C(C(C)C(=O)O)CC4)cc2[C@@H]2CCCC2(C)C)c1. The molecule has 0 radical (unpaired) electrons. The zero-order chi connectivity index (χ0) is 27.0. The second-order valence-electron chi connectivity index (χ2n) is 11.6.